The lowest BCUT2D eigenvalue weighted by molar-refractivity contribution is -0.137. The Morgan fingerprint density at radius 2 is 1.96 bits per heavy atom. The fraction of sp³-hybridized carbons (Fsp3) is 0.350. The van der Waals surface area contributed by atoms with Crippen LogP contribution in [-0.4, -0.2) is 31.9 Å². The van der Waals surface area contributed by atoms with Crippen molar-refractivity contribution in [3.05, 3.63) is 54.1 Å². The molecule has 0 aliphatic carbocycles. The quantitative estimate of drug-likeness (QED) is 0.710. The van der Waals surface area contributed by atoms with Gasteiger partial charge in [-0.25, -0.2) is 0 Å². The molecule has 1 aliphatic rings. The van der Waals surface area contributed by atoms with Crippen LogP contribution in [0.2, 0.25) is 0 Å². The fourth-order valence-electron chi connectivity index (χ4n) is 3.21. The molecule has 1 heterocycles. The highest BCUT2D eigenvalue weighted by atomic mass is 32.1. The average molecular weight is 409 g/mol. The van der Waals surface area contributed by atoms with Gasteiger partial charge in [0.25, 0.3) is 0 Å². The zero-order valence-corrected chi connectivity index (χ0v) is 16.2. The summed E-state index contributed by atoms with van der Waals surface area (Å²) in [5.41, 5.74) is 0.762. The van der Waals surface area contributed by atoms with Crippen molar-refractivity contribution in [1.29, 1.82) is 0 Å². The second-order valence-corrected chi connectivity index (χ2v) is 7.12. The molecule has 0 bridgehead atoms. The first-order valence-electron chi connectivity index (χ1n) is 8.96. The lowest BCUT2D eigenvalue weighted by Gasteiger charge is -2.19. The van der Waals surface area contributed by atoms with Crippen molar-refractivity contribution < 1.29 is 17.9 Å². The predicted octanol–water partition coefficient (Wildman–Crippen LogP) is 4.53. The lowest BCUT2D eigenvalue weighted by atomic mass is 10.1. The molecule has 0 radical (unpaired) electrons. The van der Waals surface area contributed by atoms with Crippen molar-refractivity contribution in [3.63, 3.8) is 0 Å². The maximum atomic E-state index is 12.8. The minimum atomic E-state index is -4.37. The van der Waals surface area contributed by atoms with Gasteiger partial charge in [0.1, 0.15) is 5.75 Å². The highest BCUT2D eigenvalue weighted by Crippen LogP contribution is 2.30. The lowest BCUT2D eigenvalue weighted by Crippen LogP contribution is -2.34. The average Bonchev–Trinajstić information content (AvgIpc) is 3.15. The molecule has 0 aromatic heterocycles. The number of rotatable bonds is 5. The molecule has 2 aromatic carbocycles. The van der Waals surface area contributed by atoms with E-state index < -0.39 is 11.7 Å². The number of ether oxygens (including phenoxy) is 1. The Morgan fingerprint density at radius 1 is 1.21 bits per heavy atom. The van der Waals surface area contributed by atoms with E-state index in [9.17, 15) is 13.2 Å². The fourth-order valence-corrected chi connectivity index (χ4v) is 3.41. The largest absolute Gasteiger partial charge is 0.497 e. The maximum absolute atomic E-state index is 12.8. The van der Waals surface area contributed by atoms with E-state index in [1.165, 1.54) is 6.07 Å². The molecule has 2 aromatic rings. The van der Waals surface area contributed by atoms with Gasteiger partial charge in [0, 0.05) is 31.0 Å². The van der Waals surface area contributed by atoms with Crippen molar-refractivity contribution in [3.8, 4) is 5.75 Å². The minimum Gasteiger partial charge on any atom is -0.497 e. The van der Waals surface area contributed by atoms with E-state index in [0.29, 0.717) is 23.3 Å². The van der Waals surface area contributed by atoms with Gasteiger partial charge in [-0.15, -0.1) is 0 Å². The summed E-state index contributed by atoms with van der Waals surface area (Å²) >= 11 is 5.23. The normalized spacial score (nSPS) is 16.7. The molecule has 8 heteroatoms. The van der Waals surface area contributed by atoms with E-state index in [2.05, 4.69) is 15.5 Å². The van der Waals surface area contributed by atoms with Crippen LogP contribution in [0.25, 0.3) is 0 Å². The summed E-state index contributed by atoms with van der Waals surface area (Å²) in [6, 6.07) is 13.0. The molecule has 1 fully saturated rings. The van der Waals surface area contributed by atoms with E-state index in [0.717, 1.165) is 43.1 Å². The van der Waals surface area contributed by atoms with Crippen LogP contribution in [0.1, 0.15) is 12.0 Å². The molecule has 0 spiro atoms. The van der Waals surface area contributed by atoms with E-state index in [4.69, 9.17) is 17.0 Å². The molecule has 0 unspecified atom stereocenters. The number of methoxy groups -OCH3 is 1. The first-order valence-corrected chi connectivity index (χ1v) is 9.37. The van der Waals surface area contributed by atoms with Crippen molar-refractivity contribution in [2.45, 2.75) is 12.6 Å². The van der Waals surface area contributed by atoms with Crippen LogP contribution < -0.4 is 20.3 Å². The second kappa shape index (κ2) is 8.68. The monoisotopic (exact) mass is 409 g/mol. The number of hydrogen-bond donors (Lipinski definition) is 2. The summed E-state index contributed by atoms with van der Waals surface area (Å²) in [6.07, 6.45) is -3.35. The van der Waals surface area contributed by atoms with Gasteiger partial charge < -0.3 is 20.3 Å². The smallest absolute Gasteiger partial charge is 0.416 e. The van der Waals surface area contributed by atoms with Gasteiger partial charge in [-0.2, -0.15) is 13.2 Å². The summed E-state index contributed by atoms with van der Waals surface area (Å²) in [4.78, 5) is 2.30. The highest BCUT2D eigenvalue weighted by molar-refractivity contribution is 7.80. The molecular formula is C20H22F3N3OS. The van der Waals surface area contributed by atoms with Crippen LogP contribution >= 0.6 is 12.2 Å². The van der Waals surface area contributed by atoms with Crippen LogP contribution in [0.5, 0.6) is 5.75 Å². The van der Waals surface area contributed by atoms with Gasteiger partial charge in [-0.3, -0.25) is 0 Å². The van der Waals surface area contributed by atoms with E-state index in [-0.39, 0.29) is 0 Å². The zero-order chi connectivity index (χ0) is 20.1. The summed E-state index contributed by atoms with van der Waals surface area (Å²) in [5, 5.41) is 6.26. The third kappa shape index (κ3) is 5.28. The summed E-state index contributed by atoms with van der Waals surface area (Å²) in [5.74, 6) is 1.23. The van der Waals surface area contributed by atoms with Crippen molar-refractivity contribution >= 4 is 28.7 Å². The minimum absolute atomic E-state index is 0.318. The van der Waals surface area contributed by atoms with E-state index >= 15 is 0 Å². The van der Waals surface area contributed by atoms with Gasteiger partial charge >= 0.3 is 6.18 Å². The molecule has 150 valence electrons. The molecule has 1 aliphatic heterocycles. The molecule has 2 N–H and O–H groups in total. The number of nitrogens with zero attached hydrogens (tertiary/aromatic N) is 1. The Morgan fingerprint density at radius 3 is 2.64 bits per heavy atom. The Labute approximate surface area is 167 Å². The van der Waals surface area contributed by atoms with E-state index in [1.807, 2.05) is 24.3 Å². The first kappa shape index (κ1) is 20.3. The van der Waals surface area contributed by atoms with Gasteiger partial charge in [0.15, 0.2) is 5.11 Å². The molecule has 3 rings (SSSR count). The van der Waals surface area contributed by atoms with Crippen molar-refractivity contribution in [2.75, 3.05) is 37.0 Å². The maximum Gasteiger partial charge on any atom is 0.416 e. The van der Waals surface area contributed by atoms with Crippen LogP contribution in [0.15, 0.2) is 48.5 Å². The van der Waals surface area contributed by atoms with Gasteiger partial charge in [0.2, 0.25) is 0 Å². The van der Waals surface area contributed by atoms with Crippen LogP contribution in [0, 0.1) is 5.92 Å². The van der Waals surface area contributed by atoms with Crippen LogP contribution in [-0.2, 0) is 6.18 Å². The number of halogens is 3. The molecular weight excluding hydrogens is 387 g/mol. The Balaban J connectivity index is 1.47. The number of nitrogens with one attached hydrogen (secondary N) is 2. The number of anilines is 2. The Kier molecular flexibility index (Phi) is 6.28. The van der Waals surface area contributed by atoms with Crippen molar-refractivity contribution in [1.82, 2.24) is 5.32 Å². The number of hydrogen-bond acceptors (Lipinski definition) is 3. The van der Waals surface area contributed by atoms with Gasteiger partial charge in [-0.1, -0.05) is 6.07 Å². The standard InChI is InChI=1S/C20H22F3N3OS/c1-27-18-7-5-17(6-8-18)26-10-9-14(13-26)12-24-19(28)25-16-4-2-3-15(11-16)20(21,22)23/h2-8,11,14H,9-10,12-13H2,1H3,(H2,24,25,28)/t14-/m1/s1. The predicted molar refractivity (Wildman–Crippen MR) is 109 cm³/mol. The Hall–Kier alpha value is -2.48. The third-order valence-corrected chi connectivity index (χ3v) is 4.97. The molecule has 4 nitrogen and oxygen atoms in total. The highest BCUT2D eigenvalue weighted by Gasteiger charge is 2.30. The van der Waals surface area contributed by atoms with Crippen LogP contribution in [0.4, 0.5) is 24.5 Å². The summed E-state index contributed by atoms with van der Waals surface area (Å²) in [7, 11) is 1.64. The Bertz CT molecular complexity index is 811. The molecule has 0 saturated carbocycles. The second-order valence-electron chi connectivity index (χ2n) is 6.71. The third-order valence-electron chi connectivity index (χ3n) is 4.72. The molecule has 0 amide bonds. The SMILES string of the molecule is COc1ccc(N2CC[C@H](CNC(=S)Nc3cccc(C(F)(F)F)c3)C2)cc1. The van der Waals surface area contributed by atoms with E-state index in [1.54, 1.807) is 13.2 Å². The van der Waals surface area contributed by atoms with Crippen LogP contribution in [0.3, 0.4) is 0 Å². The number of alkyl halides is 3. The molecule has 1 saturated heterocycles. The van der Waals surface area contributed by atoms with Gasteiger partial charge in [0.05, 0.1) is 12.7 Å². The molecule has 28 heavy (non-hydrogen) atoms. The first-order chi connectivity index (χ1) is 13.3. The topological polar surface area (TPSA) is 36.5 Å². The number of benzene rings is 2. The number of thiocarbonyl (C=S) groups is 1. The molecule has 1 atom stereocenters. The van der Waals surface area contributed by atoms with Crippen molar-refractivity contribution in [2.24, 2.45) is 5.92 Å². The zero-order valence-electron chi connectivity index (χ0n) is 15.4. The van der Waals surface area contributed by atoms with Gasteiger partial charge in [-0.05, 0) is 67.0 Å². The summed E-state index contributed by atoms with van der Waals surface area (Å²) in [6.45, 7) is 2.51. The summed E-state index contributed by atoms with van der Waals surface area (Å²) < 4.78 is 43.5.